The van der Waals surface area contributed by atoms with Crippen LogP contribution in [0.5, 0.6) is 0 Å². The van der Waals surface area contributed by atoms with E-state index in [-0.39, 0.29) is 5.88 Å². The van der Waals surface area contributed by atoms with Gasteiger partial charge in [0, 0.05) is 0 Å². The lowest BCUT2D eigenvalue weighted by atomic mass is 10.3. The van der Waals surface area contributed by atoms with E-state index in [1.54, 1.807) is 0 Å². The van der Waals surface area contributed by atoms with Gasteiger partial charge in [-0.05, 0) is 0 Å². The van der Waals surface area contributed by atoms with Crippen LogP contribution in [0.3, 0.4) is 0 Å². The van der Waals surface area contributed by atoms with E-state index in [4.69, 9.17) is 21.8 Å². The highest BCUT2D eigenvalue weighted by Crippen LogP contribution is 2.28. The summed E-state index contributed by atoms with van der Waals surface area (Å²) in [6.07, 6.45) is -1.38. The molecule has 1 saturated heterocycles. The summed E-state index contributed by atoms with van der Waals surface area (Å²) in [7, 11) is 0. The standard InChI is InChI=1S/C3H5ClO5S/c4-1-2(5)3(6)8-10(7)9-3/h2,5-6H,1H2. The van der Waals surface area contributed by atoms with Gasteiger partial charge in [-0.15, -0.1) is 11.6 Å². The second-order valence-corrected chi connectivity index (χ2v) is 2.72. The molecule has 60 valence electrons. The Kier molecular flexibility index (Phi) is 2.28. The fourth-order valence-electron chi connectivity index (χ4n) is 0.410. The monoisotopic (exact) mass is 188 g/mol. The summed E-state index contributed by atoms with van der Waals surface area (Å²) in [5.74, 6) is -2.43. The van der Waals surface area contributed by atoms with Crippen LogP contribution in [-0.2, 0) is 19.7 Å². The van der Waals surface area contributed by atoms with Gasteiger partial charge in [-0.3, -0.25) is 0 Å². The van der Waals surface area contributed by atoms with Crippen molar-refractivity contribution in [3.63, 3.8) is 0 Å². The number of rotatable bonds is 2. The molecule has 5 nitrogen and oxygen atoms in total. The van der Waals surface area contributed by atoms with Gasteiger partial charge in [-0.2, -0.15) is 4.21 Å². The minimum Gasteiger partial charge on any atom is -0.383 e. The molecule has 10 heavy (non-hydrogen) atoms. The van der Waals surface area contributed by atoms with E-state index < -0.39 is 23.4 Å². The maximum atomic E-state index is 10.1. The van der Waals surface area contributed by atoms with Gasteiger partial charge in [0.2, 0.25) is 0 Å². The number of aliphatic hydroxyl groups excluding tert-OH is 1. The average molecular weight is 189 g/mol. The number of halogens is 1. The number of hydrogen-bond donors (Lipinski definition) is 2. The number of hydrogen-bond acceptors (Lipinski definition) is 5. The van der Waals surface area contributed by atoms with Crippen LogP contribution in [-0.4, -0.2) is 32.4 Å². The molecule has 0 spiro atoms. The molecule has 2 N–H and O–H groups in total. The van der Waals surface area contributed by atoms with Crippen molar-refractivity contribution in [3.05, 3.63) is 0 Å². The topological polar surface area (TPSA) is 76.0 Å². The molecule has 7 heteroatoms. The van der Waals surface area contributed by atoms with Gasteiger partial charge in [0.05, 0.1) is 5.88 Å². The largest absolute Gasteiger partial charge is 0.383 e. The summed E-state index contributed by atoms with van der Waals surface area (Å²) in [4.78, 5) is 0. The minimum atomic E-state index is -2.17. The normalized spacial score (nSPS) is 42.5. The third-order valence-corrected chi connectivity index (χ3v) is 1.98. The maximum Gasteiger partial charge on any atom is 0.338 e. The van der Waals surface area contributed by atoms with E-state index in [9.17, 15) is 4.21 Å². The Balaban J connectivity index is 2.47. The zero-order valence-electron chi connectivity index (χ0n) is 4.69. The molecule has 1 fully saturated rings. The van der Waals surface area contributed by atoms with Gasteiger partial charge in [0.1, 0.15) is 0 Å². The molecule has 1 rings (SSSR count). The van der Waals surface area contributed by atoms with Crippen LogP contribution in [0.1, 0.15) is 0 Å². The van der Waals surface area contributed by atoms with E-state index >= 15 is 0 Å². The molecule has 1 aliphatic rings. The van der Waals surface area contributed by atoms with Crippen LogP contribution in [0, 0.1) is 0 Å². The van der Waals surface area contributed by atoms with Crippen LogP contribution in [0.25, 0.3) is 0 Å². The van der Waals surface area contributed by atoms with Gasteiger partial charge in [-0.25, -0.2) is 8.37 Å². The van der Waals surface area contributed by atoms with E-state index in [1.165, 1.54) is 0 Å². The third-order valence-electron chi connectivity index (χ3n) is 0.942. The van der Waals surface area contributed by atoms with Gasteiger partial charge in [0.15, 0.2) is 6.10 Å². The van der Waals surface area contributed by atoms with Crippen LogP contribution in [0.2, 0.25) is 0 Å². The SMILES string of the molecule is O=S1OC(O)(C(O)CCl)O1. The maximum absolute atomic E-state index is 10.1. The summed E-state index contributed by atoms with van der Waals surface area (Å²) >= 11 is 3.18. The summed E-state index contributed by atoms with van der Waals surface area (Å²) in [5, 5.41) is 17.7. The van der Waals surface area contributed by atoms with Gasteiger partial charge >= 0.3 is 17.3 Å². The predicted molar refractivity (Wildman–Crippen MR) is 32.0 cm³/mol. The van der Waals surface area contributed by atoms with Gasteiger partial charge < -0.3 is 10.2 Å². The first-order valence-corrected chi connectivity index (χ1v) is 3.89. The first-order chi connectivity index (χ1) is 4.58. The molecule has 0 aliphatic carbocycles. The van der Waals surface area contributed by atoms with E-state index in [1.807, 2.05) is 0 Å². The lowest BCUT2D eigenvalue weighted by Crippen LogP contribution is -2.56. The molecule has 0 bridgehead atoms. The van der Waals surface area contributed by atoms with Crippen molar-refractivity contribution in [2.75, 3.05) is 5.88 Å². The van der Waals surface area contributed by atoms with Crippen molar-refractivity contribution in [1.29, 1.82) is 0 Å². The van der Waals surface area contributed by atoms with Gasteiger partial charge in [0.25, 0.3) is 0 Å². The fourth-order valence-corrected chi connectivity index (χ4v) is 1.23. The third kappa shape index (κ3) is 1.31. The van der Waals surface area contributed by atoms with Crippen molar-refractivity contribution in [2.45, 2.75) is 12.1 Å². The Hall–Kier alpha value is 0.280. The van der Waals surface area contributed by atoms with Gasteiger partial charge in [-0.1, -0.05) is 0 Å². The van der Waals surface area contributed by atoms with Crippen molar-refractivity contribution in [3.8, 4) is 0 Å². The first-order valence-electron chi connectivity index (χ1n) is 2.35. The number of alkyl halides is 1. The highest BCUT2D eigenvalue weighted by molar-refractivity contribution is 7.76. The minimum absolute atomic E-state index is 0.256. The molecule has 1 heterocycles. The molecule has 0 saturated carbocycles. The summed E-state index contributed by atoms with van der Waals surface area (Å²) in [6.45, 7) is 0. The zero-order valence-corrected chi connectivity index (χ0v) is 6.26. The Morgan fingerprint density at radius 3 is 2.50 bits per heavy atom. The first kappa shape index (κ1) is 8.38. The highest BCUT2D eigenvalue weighted by atomic mass is 35.5. The van der Waals surface area contributed by atoms with Crippen molar-refractivity contribution in [2.24, 2.45) is 0 Å². The molecule has 0 aromatic rings. The number of aliphatic hydroxyl groups is 2. The zero-order chi connectivity index (χ0) is 7.78. The van der Waals surface area contributed by atoms with Crippen LogP contribution >= 0.6 is 11.6 Å². The molecular formula is C3H5ClO5S. The quantitative estimate of drug-likeness (QED) is 0.536. The lowest BCUT2D eigenvalue weighted by Gasteiger charge is -2.35. The summed E-state index contributed by atoms with van der Waals surface area (Å²) in [6, 6.07) is 0. The second-order valence-electron chi connectivity index (χ2n) is 1.67. The van der Waals surface area contributed by atoms with Crippen LogP contribution in [0.15, 0.2) is 0 Å². The van der Waals surface area contributed by atoms with E-state index in [0.717, 1.165) is 0 Å². The van der Waals surface area contributed by atoms with E-state index in [2.05, 4.69) is 8.37 Å². The Morgan fingerprint density at radius 1 is 1.70 bits per heavy atom. The molecule has 0 amide bonds. The Morgan fingerprint density at radius 2 is 2.20 bits per heavy atom. The van der Waals surface area contributed by atoms with Crippen LogP contribution < -0.4 is 0 Å². The van der Waals surface area contributed by atoms with Crippen molar-refractivity contribution < 1.29 is 22.8 Å². The van der Waals surface area contributed by atoms with Crippen molar-refractivity contribution in [1.82, 2.24) is 0 Å². The van der Waals surface area contributed by atoms with Crippen LogP contribution in [0.4, 0.5) is 0 Å². The molecule has 0 aromatic carbocycles. The fraction of sp³-hybridized carbons (Fsp3) is 1.00. The lowest BCUT2D eigenvalue weighted by molar-refractivity contribution is -0.355. The predicted octanol–water partition coefficient (Wildman–Crippen LogP) is -1.14. The molecule has 1 unspecified atom stereocenters. The molecule has 0 radical (unpaired) electrons. The summed E-state index contributed by atoms with van der Waals surface area (Å²) < 4.78 is 18.4. The summed E-state index contributed by atoms with van der Waals surface area (Å²) in [5.41, 5.74) is 0. The highest BCUT2D eigenvalue weighted by Gasteiger charge is 2.51. The molecule has 1 aliphatic heterocycles. The van der Waals surface area contributed by atoms with Crippen molar-refractivity contribution >= 4 is 23.0 Å². The molecule has 0 aromatic heterocycles. The molecular weight excluding hydrogens is 184 g/mol. The second kappa shape index (κ2) is 2.72. The Bertz CT molecular complexity index is 153. The Labute approximate surface area is 64.4 Å². The smallest absolute Gasteiger partial charge is 0.338 e. The molecule has 1 atom stereocenters. The van der Waals surface area contributed by atoms with E-state index in [0.29, 0.717) is 0 Å². The average Bonchev–Trinajstić information content (AvgIpc) is 1.83.